The van der Waals surface area contributed by atoms with Crippen molar-refractivity contribution in [3.05, 3.63) is 0 Å². The minimum Gasteiger partial charge on any atom is -0.369 e. The first kappa shape index (κ1) is 13.5. The lowest BCUT2D eigenvalue weighted by atomic mass is 9.97. The molecule has 0 aromatic carbocycles. The van der Waals surface area contributed by atoms with Gasteiger partial charge in [0, 0.05) is 19.7 Å². The van der Waals surface area contributed by atoms with Crippen LogP contribution in [0, 0.1) is 5.92 Å². The lowest BCUT2D eigenvalue weighted by molar-refractivity contribution is -0.140. The monoisotopic (exact) mass is 228 g/mol. The third-order valence-corrected chi connectivity index (χ3v) is 3.60. The van der Waals surface area contributed by atoms with Crippen molar-refractivity contribution in [3.8, 4) is 0 Å². The Labute approximate surface area is 97.9 Å². The molecule has 3 N–H and O–H groups in total. The van der Waals surface area contributed by atoms with E-state index in [4.69, 9.17) is 10.5 Å². The van der Waals surface area contributed by atoms with Gasteiger partial charge in [-0.2, -0.15) is 0 Å². The minimum atomic E-state index is -0.772. The highest BCUT2D eigenvalue weighted by molar-refractivity contribution is 5.84. The Bertz CT molecular complexity index is 235. The van der Waals surface area contributed by atoms with E-state index in [0.717, 1.165) is 0 Å². The van der Waals surface area contributed by atoms with Gasteiger partial charge in [0.1, 0.15) is 5.60 Å². The molecular weight excluding hydrogens is 204 g/mol. The van der Waals surface area contributed by atoms with Crippen molar-refractivity contribution >= 4 is 5.91 Å². The van der Waals surface area contributed by atoms with Crippen LogP contribution >= 0.6 is 0 Å². The second-order valence-electron chi connectivity index (χ2n) is 5.07. The molecule has 1 aliphatic carbocycles. The van der Waals surface area contributed by atoms with Crippen molar-refractivity contribution in [2.45, 2.75) is 51.2 Å². The van der Waals surface area contributed by atoms with Crippen LogP contribution in [0.15, 0.2) is 0 Å². The van der Waals surface area contributed by atoms with Crippen LogP contribution in [-0.2, 0) is 9.53 Å². The van der Waals surface area contributed by atoms with Crippen molar-refractivity contribution < 1.29 is 9.53 Å². The molecule has 0 aromatic rings. The summed E-state index contributed by atoms with van der Waals surface area (Å²) in [5.74, 6) is 0.471. The standard InChI is InChI=1S/C12H24N2O2/c1-12(2,16-3)11(15)14-10(8-13)9-6-4-5-7-9/h9-10H,4-8,13H2,1-3H3,(H,14,15). The molecule has 1 aliphatic rings. The number of carbonyl (C=O) groups excluding carboxylic acids is 1. The minimum absolute atomic E-state index is 0.0719. The summed E-state index contributed by atoms with van der Waals surface area (Å²) in [6.45, 7) is 4.05. The highest BCUT2D eigenvalue weighted by atomic mass is 16.5. The fourth-order valence-corrected chi connectivity index (χ4v) is 2.16. The van der Waals surface area contributed by atoms with E-state index >= 15 is 0 Å². The molecule has 1 saturated carbocycles. The van der Waals surface area contributed by atoms with E-state index in [9.17, 15) is 4.79 Å². The molecular formula is C12H24N2O2. The summed E-state index contributed by atoms with van der Waals surface area (Å²) >= 11 is 0. The second kappa shape index (κ2) is 5.64. The molecule has 1 atom stereocenters. The first-order chi connectivity index (χ1) is 7.51. The molecule has 0 aromatic heterocycles. The van der Waals surface area contributed by atoms with E-state index in [1.54, 1.807) is 21.0 Å². The summed E-state index contributed by atoms with van der Waals surface area (Å²) in [5.41, 5.74) is 4.96. The smallest absolute Gasteiger partial charge is 0.251 e. The van der Waals surface area contributed by atoms with Gasteiger partial charge in [0.15, 0.2) is 0 Å². The van der Waals surface area contributed by atoms with E-state index < -0.39 is 5.60 Å². The zero-order chi connectivity index (χ0) is 12.2. The van der Waals surface area contributed by atoms with Crippen molar-refractivity contribution in [2.75, 3.05) is 13.7 Å². The lowest BCUT2D eigenvalue weighted by Crippen LogP contribution is -2.52. The van der Waals surface area contributed by atoms with Crippen LogP contribution in [0.1, 0.15) is 39.5 Å². The molecule has 0 heterocycles. The van der Waals surface area contributed by atoms with Crippen LogP contribution in [0.25, 0.3) is 0 Å². The number of methoxy groups -OCH3 is 1. The molecule has 0 saturated heterocycles. The van der Waals surface area contributed by atoms with Crippen LogP contribution in [0.4, 0.5) is 0 Å². The molecule has 1 rings (SSSR count). The average Bonchev–Trinajstić information content (AvgIpc) is 2.78. The van der Waals surface area contributed by atoms with Crippen molar-refractivity contribution in [3.63, 3.8) is 0 Å². The molecule has 4 nitrogen and oxygen atoms in total. The molecule has 0 spiro atoms. The topological polar surface area (TPSA) is 64.3 Å². The van der Waals surface area contributed by atoms with Gasteiger partial charge in [0.05, 0.1) is 0 Å². The average molecular weight is 228 g/mol. The SMILES string of the molecule is COC(C)(C)C(=O)NC(CN)C1CCCC1. The lowest BCUT2D eigenvalue weighted by Gasteiger charge is -2.28. The maximum absolute atomic E-state index is 11.9. The number of carbonyl (C=O) groups is 1. The third kappa shape index (κ3) is 3.19. The van der Waals surface area contributed by atoms with Crippen LogP contribution < -0.4 is 11.1 Å². The highest BCUT2D eigenvalue weighted by Gasteiger charge is 2.31. The number of rotatable bonds is 5. The van der Waals surface area contributed by atoms with Gasteiger partial charge in [-0.3, -0.25) is 4.79 Å². The second-order valence-corrected chi connectivity index (χ2v) is 5.07. The number of nitrogens with two attached hydrogens (primary N) is 1. The largest absolute Gasteiger partial charge is 0.369 e. The number of ether oxygens (including phenoxy) is 1. The van der Waals surface area contributed by atoms with Gasteiger partial charge < -0.3 is 15.8 Å². The summed E-state index contributed by atoms with van der Waals surface area (Å²) in [6, 6.07) is 0.101. The van der Waals surface area contributed by atoms with E-state index in [2.05, 4.69) is 5.32 Å². The van der Waals surface area contributed by atoms with E-state index in [0.29, 0.717) is 12.5 Å². The Morgan fingerprint density at radius 3 is 2.50 bits per heavy atom. The molecule has 1 unspecified atom stereocenters. The van der Waals surface area contributed by atoms with Crippen molar-refractivity contribution in [2.24, 2.45) is 11.7 Å². The normalized spacial score (nSPS) is 19.8. The van der Waals surface area contributed by atoms with Crippen LogP contribution in [0.5, 0.6) is 0 Å². The first-order valence-electron chi connectivity index (χ1n) is 6.07. The Balaban J connectivity index is 2.52. The van der Waals surface area contributed by atoms with Gasteiger partial charge in [-0.05, 0) is 32.6 Å². The molecule has 1 amide bonds. The summed E-state index contributed by atoms with van der Waals surface area (Å²) in [7, 11) is 1.55. The maximum atomic E-state index is 11.9. The Morgan fingerprint density at radius 1 is 1.50 bits per heavy atom. The summed E-state index contributed by atoms with van der Waals surface area (Å²) in [5, 5.41) is 3.01. The summed E-state index contributed by atoms with van der Waals surface area (Å²) in [4.78, 5) is 11.9. The molecule has 1 fully saturated rings. The molecule has 0 aliphatic heterocycles. The van der Waals surface area contributed by atoms with E-state index in [1.165, 1.54) is 25.7 Å². The first-order valence-corrected chi connectivity index (χ1v) is 6.07. The van der Waals surface area contributed by atoms with Crippen LogP contribution in [-0.4, -0.2) is 31.2 Å². The predicted molar refractivity (Wildman–Crippen MR) is 64.0 cm³/mol. The quantitative estimate of drug-likeness (QED) is 0.739. The molecule has 4 heteroatoms. The zero-order valence-corrected chi connectivity index (χ0v) is 10.6. The molecule has 0 radical (unpaired) electrons. The van der Waals surface area contributed by atoms with E-state index in [-0.39, 0.29) is 11.9 Å². The number of nitrogens with one attached hydrogen (secondary N) is 1. The number of hydrogen-bond donors (Lipinski definition) is 2. The molecule has 16 heavy (non-hydrogen) atoms. The maximum Gasteiger partial charge on any atom is 0.251 e. The Hall–Kier alpha value is -0.610. The van der Waals surface area contributed by atoms with Crippen LogP contribution in [0.2, 0.25) is 0 Å². The van der Waals surface area contributed by atoms with Gasteiger partial charge in [-0.1, -0.05) is 12.8 Å². The third-order valence-electron chi connectivity index (χ3n) is 3.60. The van der Waals surface area contributed by atoms with E-state index in [1.807, 2.05) is 0 Å². The fraction of sp³-hybridized carbons (Fsp3) is 0.917. The predicted octanol–water partition coefficient (Wildman–Crippen LogP) is 1.05. The van der Waals surface area contributed by atoms with Crippen molar-refractivity contribution in [1.29, 1.82) is 0 Å². The van der Waals surface area contributed by atoms with Gasteiger partial charge in [0.2, 0.25) is 0 Å². The number of hydrogen-bond acceptors (Lipinski definition) is 3. The van der Waals surface area contributed by atoms with Gasteiger partial charge >= 0.3 is 0 Å². The summed E-state index contributed by atoms with van der Waals surface area (Å²) < 4.78 is 5.15. The van der Waals surface area contributed by atoms with Gasteiger partial charge in [-0.25, -0.2) is 0 Å². The Kier molecular flexibility index (Phi) is 4.74. The number of amides is 1. The van der Waals surface area contributed by atoms with Crippen LogP contribution in [0.3, 0.4) is 0 Å². The molecule has 0 bridgehead atoms. The fourth-order valence-electron chi connectivity index (χ4n) is 2.16. The van der Waals surface area contributed by atoms with Crippen molar-refractivity contribution in [1.82, 2.24) is 5.32 Å². The summed E-state index contributed by atoms with van der Waals surface area (Å²) in [6.07, 6.45) is 4.86. The molecule has 94 valence electrons. The Morgan fingerprint density at radius 2 is 2.06 bits per heavy atom. The highest BCUT2D eigenvalue weighted by Crippen LogP contribution is 2.27. The van der Waals surface area contributed by atoms with Gasteiger partial charge in [-0.15, -0.1) is 0 Å². The zero-order valence-electron chi connectivity index (χ0n) is 10.6. The van der Waals surface area contributed by atoms with Gasteiger partial charge in [0.25, 0.3) is 5.91 Å².